The molecule has 0 bridgehead atoms. The molecule has 0 fully saturated rings. The fraction of sp³-hybridized carbons (Fsp3) is 0.222. The van der Waals surface area contributed by atoms with Gasteiger partial charge in [-0.3, -0.25) is 0 Å². The van der Waals surface area contributed by atoms with Crippen LogP contribution in [0.4, 0.5) is 18.9 Å². The molecule has 6 heteroatoms. The molecule has 1 aromatic carbocycles. The molecule has 1 aliphatic heterocycles. The molecule has 0 spiro atoms. The molecule has 1 nitrogen and oxygen atoms in total. The molecule has 0 aromatic heterocycles. The van der Waals surface area contributed by atoms with Crippen molar-refractivity contribution >= 4 is 39.3 Å². The van der Waals surface area contributed by atoms with Crippen molar-refractivity contribution in [3.8, 4) is 0 Å². The highest BCUT2D eigenvalue weighted by molar-refractivity contribution is 9.10. The molecule has 1 aliphatic rings. The topological polar surface area (TPSA) is 12.4 Å². The van der Waals surface area contributed by atoms with Gasteiger partial charge in [-0.15, -0.1) is 12.6 Å². The molecule has 0 radical (unpaired) electrons. The summed E-state index contributed by atoms with van der Waals surface area (Å²) in [5.41, 5.74) is -0.165. The maximum Gasteiger partial charge on any atom is 0.418 e. The van der Waals surface area contributed by atoms with Gasteiger partial charge in [-0.05, 0) is 17.7 Å². The molecule has 80 valence electrons. The number of benzene rings is 1. The molecule has 15 heavy (non-hydrogen) atoms. The lowest BCUT2D eigenvalue weighted by molar-refractivity contribution is -0.137. The van der Waals surface area contributed by atoms with Crippen LogP contribution in [-0.4, -0.2) is 5.04 Å². The van der Waals surface area contributed by atoms with E-state index in [9.17, 15) is 13.2 Å². The Kier molecular flexibility index (Phi) is 2.58. The Morgan fingerprint density at radius 1 is 1.33 bits per heavy atom. The lowest BCUT2D eigenvalue weighted by Crippen LogP contribution is -2.05. The minimum Gasteiger partial charge on any atom is -0.246 e. The number of hydrogen-bond acceptors (Lipinski definition) is 1. The number of aliphatic imine (C=N–C) groups is 1. The first kappa shape index (κ1) is 11.0. The Balaban J connectivity index is 2.65. The maximum atomic E-state index is 12.6. The van der Waals surface area contributed by atoms with Crippen LogP contribution in [0.25, 0.3) is 0 Å². The van der Waals surface area contributed by atoms with Crippen LogP contribution in [0.1, 0.15) is 11.1 Å². The first-order valence-electron chi connectivity index (χ1n) is 4.04. The molecule has 0 saturated carbocycles. The number of rotatable bonds is 0. The quantitative estimate of drug-likeness (QED) is 0.695. The van der Waals surface area contributed by atoms with Crippen molar-refractivity contribution in [3.05, 3.63) is 27.7 Å². The second-order valence-electron chi connectivity index (χ2n) is 3.12. The predicted molar refractivity (Wildman–Crippen MR) is 58.9 cm³/mol. The van der Waals surface area contributed by atoms with E-state index in [0.717, 1.165) is 6.07 Å². The van der Waals surface area contributed by atoms with Gasteiger partial charge in [-0.25, -0.2) is 4.99 Å². The summed E-state index contributed by atoms with van der Waals surface area (Å²) >= 11 is 7.19. The number of fused-ring (bicyclic) bond motifs is 1. The van der Waals surface area contributed by atoms with Gasteiger partial charge in [0.1, 0.15) is 0 Å². The minimum absolute atomic E-state index is 0.0122. The van der Waals surface area contributed by atoms with E-state index in [1.165, 1.54) is 6.07 Å². The molecular weight excluding hydrogens is 291 g/mol. The van der Waals surface area contributed by atoms with Crippen molar-refractivity contribution in [1.29, 1.82) is 0 Å². The van der Waals surface area contributed by atoms with E-state index in [1.807, 2.05) is 0 Å². The summed E-state index contributed by atoms with van der Waals surface area (Å²) < 4.78 is 38.4. The summed E-state index contributed by atoms with van der Waals surface area (Å²) in [6, 6.07) is 2.42. The SMILES string of the molecule is FC(F)(F)c1ccc(Br)c2c1N=C(S)C2. The smallest absolute Gasteiger partial charge is 0.246 e. The molecule has 1 heterocycles. The molecular formula is C9H5BrF3NS. The van der Waals surface area contributed by atoms with Crippen molar-refractivity contribution in [2.75, 3.05) is 0 Å². The third-order valence-corrected chi connectivity index (χ3v) is 3.11. The standard InChI is InChI=1S/C9H5BrF3NS/c10-6-2-1-5(9(11,12)13)8-4(6)3-7(15)14-8/h1-2H,3H2,(H,14,15). The summed E-state index contributed by atoms with van der Waals surface area (Å²) in [4.78, 5) is 3.81. The number of alkyl halides is 3. The Bertz CT molecular complexity index is 453. The van der Waals surface area contributed by atoms with Crippen LogP contribution in [0.5, 0.6) is 0 Å². The first-order valence-corrected chi connectivity index (χ1v) is 5.28. The average Bonchev–Trinajstić information content (AvgIpc) is 2.45. The molecule has 0 amide bonds. The molecule has 0 saturated heterocycles. The van der Waals surface area contributed by atoms with Crippen LogP contribution >= 0.6 is 28.6 Å². The molecule has 0 unspecified atom stereocenters. The summed E-state index contributed by atoms with van der Waals surface area (Å²) in [7, 11) is 0. The van der Waals surface area contributed by atoms with E-state index >= 15 is 0 Å². The van der Waals surface area contributed by atoms with Crippen LogP contribution in [-0.2, 0) is 12.6 Å². The van der Waals surface area contributed by atoms with Crippen LogP contribution in [0.3, 0.4) is 0 Å². The number of halogens is 4. The van der Waals surface area contributed by atoms with E-state index < -0.39 is 11.7 Å². The third kappa shape index (κ3) is 1.92. The van der Waals surface area contributed by atoms with Gasteiger partial charge in [0.2, 0.25) is 0 Å². The minimum atomic E-state index is -4.37. The van der Waals surface area contributed by atoms with Gasteiger partial charge in [0.25, 0.3) is 0 Å². The Hall–Kier alpha value is -0.490. The summed E-state index contributed by atoms with van der Waals surface area (Å²) in [6.45, 7) is 0. The van der Waals surface area contributed by atoms with Gasteiger partial charge in [0.15, 0.2) is 0 Å². The van der Waals surface area contributed by atoms with E-state index in [4.69, 9.17) is 0 Å². The second kappa shape index (κ2) is 3.52. The molecule has 0 N–H and O–H groups in total. The third-order valence-electron chi connectivity index (χ3n) is 2.11. The highest BCUT2D eigenvalue weighted by atomic mass is 79.9. The van der Waals surface area contributed by atoms with Crippen LogP contribution < -0.4 is 0 Å². The lowest BCUT2D eigenvalue weighted by Gasteiger charge is -2.10. The Morgan fingerprint density at radius 2 is 2.00 bits per heavy atom. The monoisotopic (exact) mass is 295 g/mol. The summed E-state index contributed by atoms with van der Waals surface area (Å²) in [5.74, 6) is 0. The van der Waals surface area contributed by atoms with Crippen LogP contribution in [0, 0.1) is 0 Å². The Labute approximate surface area is 97.9 Å². The van der Waals surface area contributed by atoms with E-state index in [2.05, 4.69) is 33.6 Å². The highest BCUT2D eigenvalue weighted by Crippen LogP contribution is 2.43. The number of thiol groups is 1. The van der Waals surface area contributed by atoms with Gasteiger partial charge in [0.05, 0.1) is 16.3 Å². The van der Waals surface area contributed by atoms with E-state index in [1.54, 1.807) is 0 Å². The van der Waals surface area contributed by atoms with Crippen molar-refractivity contribution in [1.82, 2.24) is 0 Å². The van der Waals surface area contributed by atoms with Crippen molar-refractivity contribution < 1.29 is 13.2 Å². The molecule has 0 aliphatic carbocycles. The zero-order chi connectivity index (χ0) is 11.2. The van der Waals surface area contributed by atoms with E-state index in [-0.39, 0.29) is 5.69 Å². The Morgan fingerprint density at radius 3 is 2.60 bits per heavy atom. The normalized spacial score (nSPS) is 15.1. The largest absolute Gasteiger partial charge is 0.418 e. The number of hydrogen-bond donors (Lipinski definition) is 1. The summed E-state index contributed by atoms with van der Waals surface area (Å²) in [5, 5.41) is 0.405. The van der Waals surface area contributed by atoms with Gasteiger partial charge in [-0.2, -0.15) is 13.2 Å². The zero-order valence-electron chi connectivity index (χ0n) is 7.27. The average molecular weight is 296 g/mol. The lowest BCUT2D eigenvalue weighted by atomic mass is 10.1. The maximum absolute atomic E-state index is 12.6. The van der Waals surface area contributed by atoms with Crippen LogP contribution in [0.2, 0.25) is 0 Å². The fourth-order valence-electron chi connectivity index (χ4n) is 1.46. The van der Waals surface area contributed by atoms with Crippen molar-refractivity contribution in [2.45, 2.75) is 12.6 Å². The fourth-order valence-corrected chi connectivity index (χ4v) is 2.18. The molecule has 0 atom stereocenters. The second-order valence-corrected chi connectivity index (χ2v) is 4.50. The number of nitrogens with zero attached hydrogens (tertiary/aromatic N) is 1. The van der Waals surface area contributed by atoms with Gasteiger partial charge >= 0.3 is 6.18 Å². The highest BCUT2D eigenvalue weighted by Gasteiger charge is 2.36. The van der Waals surface area contributed by atoms with Crippen LogP contribution in [0.15, 0.2) is 21.6 Å². The van der Waals surface area contributed by atoms with Crippen molar-refractivity contribution in [2.24, 2.45) is 4.99 Å². The van der Waals surface area contributed by atoms with Gasteiger partial charge in [0, 0.05) is 10.9 Å². The summed E-state index contributed by atoms with van der Waals surface area (Å²) in [6.07, 6.45) is -4.02. The molecule has 1 aromatic rings. The van der Waals surface area contributed by atoms with E-state index in [0.29, 0.717) is 21.5 Å². The van der Waals surface area contributed by atoms with Crippen molar-refractivity contribution in [3.63, 3.8) is 0 Å². The van der Waals surface area contributed by atoms with Gasteiger partial charge in [-0.1, -0.05) is 15.9 Å². The predicted octanol–water partition coefficient (Wildman–Crippen LogP) is 3.98. The molecule has 2 rings (SSSR count). The first-order chi connectivity index (χ1) is 6.89. The van der Waals surface area contributed by atoms with Gasteiger partial charge < -0.3 is 0 Å². The zero-order valence-corrected chi connectivity index (χ0v) is 9.75.